The van der Waals surface area contributed by atoms with E-state index >= 15 is 0 Å². The third kappa shape index (κ3) is 5.08. The van der Waals surface area contributed by atoms with E-state index in [4.69, 9.17) is 0 Å². The van der Waals surface area contributed by atoms with Crippen molar-refractivity contribution in [1.29, 1.82) is 0 Å². The fourth-order valence-corrected chi connectivity index (χ4v) is 1.56. The molecule has 0 aromatic heterocycles. The molecule has 0 aliphatic rings. The smallest absolute Gasteiger partial charge is 0.211 e. The first-order chi connectivity index (χ1) is 9.69. The highest BCUT2D eigenvalue weighted by atomic mass is 79.9. The van der Waals surface area contributed by atoms with Crippen LogP contribution in [0.3, 0.4) is 0 Å². The molecule has 0 spiro atoms. The lowest BCUT2D eigenvalue weighted by Gasteiger charge is -1.91. The van der Waals surface area contributed by atoms with Crippen LogP contribution < -0.4 is 0 Å². The summed E-state index contributed by atoms with van der Waals surface area (Å²) in [5, 5.41) is 0. The molecule has 0 heterocycles. The zero-order valence-electron chi connectivity index (χ0n) is 10.1. The predicted octanol–water partition coefficient (Wildman–Crippen LogP) is 4.21. The van der Waals surface area contributed by atoms with E-state index in [1.165, 1.54) is 30.4 Å². The number of rotatable bonds is 2. The van der Waals surface area contributed by atoms with Crippen molar-refractivity contribution >= 4 is 39.5 Å². The largest absolute Gasteiger partial charge is 0.240 e. The lowest BCUT2D eigenvalue weighted by molar-refractivity contribution is 0.564. The van der Waals surface area contributed by atoms with Crippen molar-refractivity contribution in [2.75, 3.05) is 0 Å². The molecule has 6 heteroatoms. The number of halogens is 2. The summed E-state index contributed by atoms with van der Waals surface area (Å²) >= 11 is 3.22. The Balaban J connectivity index is 0.000000200. The van der Waals surface area contributed by atoms with Crippen LogP contribution in [0.4, 0.5) is 15.8 Å². The highest BCUT2D eigenvalue weighted by Crippen LogP contribution is 2.23. The zero-order valence-corrected chi connectivity index (χ0v) is 11.7. The SMILES string of the molecule is O=C=Nc1ccccc1Br.O=C=Nc1ccccc1F. The highest BCUT2D eigenvalue weighted by Gasteiger charge is 1.95. The van der Waals surface area contributed by atoms with Gasteiger partial charge >= 0.3 is 0 Å². The minimum absolute atomic E-state index is 0.0255. The van der Waals surface area contributed by atoms with Gasteiger partial charge in [-0.05, 0) is 40.2 Å². The van der Waals surface area contributed by atoms with Crippen LogP contribution >= 0.6 is 15.9 Å². The normalized spacial score (nSPS) is 8.50. The maximum absolute atomic E-state index is 12.5. The molecule has 0 aliphatic carbocycles. The summed E-state index contributed by atoms with van der Waals surface area (Å²) in [6, 6.07) is 13.0. The van der Waals surface area contributed by atoms with Crippen molar-refractivity contribution in [2.45, 2.75) is 0 Å². The fourth-order valence-electron chi connectivity index (χ4n) is 1.18. The number of para-hydroxylation sites is 2. The molecule has 20 heavy (non-hydrogen) atoms. The Morgan fingerprint density at radius 1 is 0.850 bits per heavy atom. The summed E-state index contributed by atoms with van der Waals surface area (Å²) in [6.07, 6.45) is 2.73. The summed E-state index contributed by atoms with van der Waals surface area (Å²) < 4.78 is 13.3. The minimum Gasteiger partial charge on any atom is -0.211 e. The molecule has 0 saturated carbocycles. The molecule has 0 saturated heterocycles. The first kappa shape index (κ1) is 15.7. The lowest BCUT2D eigenvalue weighted by atomic mass is 10.3. The van der Waals surface area contributed by atoms with Gasteiger partial charge in [-0.3, -0.25) is 0 Å². The molecule has 0 fully saturated rings. The topological polar surface area (TPSA) is 58.9 Å². The molecule has 0 aliphatic heterocycles. The Kier molecular flexibility index (Phi) is 6.79. The molecule has 0 unspecified atom stereocenters. The van der Waals surface area contributed by atoms with E-state index in [9.17, 15) is 14.0 Å². The molecule has 2 aromatic carbocycles. The third-order valence-corrected chi connectivity index (χ3v) is 2.71. The van der Waals surface area contributed by atoms with Crippen LogP contribution in [0.5, 0.6) is 0 Å². The van der Waals surface area contributed by atoms with Gasteiger partial charge in [-0.2, -0.15) is 9.98 Å². The molecule has 0 atom stereocenters. The summed E-state index contributed by atoms with van der Waals surface area (Å²) in [5.74, 6) is -0.508. The number of nitrogens with zero attached hydrogens (tertiary/aromatic N) is 2. The van der Waals surface area contributed by atoms with Gasteiger partial charge in [-0.1, -0.05) is 24.3 Å². The minimum atomic E-state index is -0.508. The number of hydrogen-bond acceptors (Lipinski definition) is 4. The molecule has 100 valence electrons. The van der Waals surface area contributed by atoms with Crippen LogP contribution in [-0.2, 0) is 9.59 Å². The van der Waals surface area contributed by atoms with E-state index in [1.54, 1.807) is 18.2 Å². The second-order valence-electron chi connectivity index (χ2n) is 3.31. The van der Waals surface area contributed by atoms with Crippen LogP contribution in [0.25, 0.3) is 0 Å². The van der Waals surface area contributed by atoms with Crippen molar-refractivity contribution in [3.8, 4) is 0 Å². The maximum atomic E-state index is 12.5. The van der Waals surface area contributed by atoms with E-state index in [0.29, 0.717) is 5.69 Å². The van der Waals surface area contributed by atoms with E-state index in [-0.39, 0.29) is 5.69 Å². The van der Waals surface area contributed by atoms with Gasteiger partial charge in [0.2, 0.25) is 12.2 Å². The Hall–Kier alpha value is -2.39. The monoisotopic (exact) mass is 334 g/mol. The van der Waals surface area contributed by atoms with E-state index in [0.717, 1.165) is 4.47 Å². The molecule has 2 rings (SSSR count). The summed E-state index contributed by atoms with van der Waals surface area (Å²) in [4.78, 5) is 26.1. The van der Waals surface area contributed by atoms with E-state index < -0.39 is 5.82 Å². The second kappa shape index (κ2) is 8.67. The molecular formula is C14H8BrFN2O2. The summed E-state index contributed by atoms with van der Waals surface area (Å²) in [7, 11) is 0. The highest BCUT2D eigenvalue weighted by molar-refractivity contribution is 9.10. The fraction of sp³-hybridized carbons (Fsp3) is 0. The van der Waals surface area contributed by atoms with Gasteiger partial charge in [-0.25, -0.2) is 14.0 Å². The molecule has 0 N–H and O–H groups in total. The molecule has 0 amide bonds. The van der Waals surface area contributed by atoms with Gasteiger partial charge in [-0.15, -0.1) is 0 Å². The summed E-state index contributed by atoms with van der Waals surface area (Å²) in [5.41, 5.74) is 0.634. The van der Waals surface area contributed by atoms with Gasteiger partial charge in [0.25, 0.3) is 0 Å². The second-order valence-corrected chi connectivity index (χ2v) is 4.16. The van der Waals surface area contributed by atoms with Crippen LogP contribution in [0.2, 0.25) is 0 Å². The Bertz CT molecular complexity index is 619. The predicted molar refractivity (Wildman–Crippen MR) is 76.1 cm³/mol. The van der Waals surface area contributed by atoms with Gasteiger partial charge in [0, 0.05) is 4.47 Å². The van der Waals surface area contributed by atoms with Gasteiger partial charge < -0.3 is 0 Å². The van der Waals surface area contributed by atoms with Gasteiger partial charge in [0.15, 0.2) is 0 Å². The number of isocyanates is 2. The molecule has 4 nitrogen and oxygen atoms in total. The molecule has 0 radical (unpaired) electrons. The quantitative estimate of drug-likeness (QED) is 0.610. The van der Waals surface area contributed by atoms with Crippen molar-refractivity contribution < 1.29 is 14.0 Å². The average Bonchev–Trinajstić information content (AvgIpc) is 2.45. The Morgan fingerprint density at radius 2 is 1.35 bits per heavy atom. The maximum Gasteiger partial charge on any atom is 0.240 e. The zero-order chi connectivity index (χ0) is 14.8. The first-order valence-corrected chi connectivity index (χ1v) is 6.13. The summed E-state index contributed by atoms with van der Waals surface area (Å²) in [6.45, 7) is 0. The standard InChI is InChI=1S/C7H4BrNO.C7H4FNO/c2*8-6-3-1-2-4-7(6)9-5-10/h2*1-4H. The molecular weight excluding hydrogens is 327 g/mol. The van der Waals surface area contributed by atoms with Crippen LogP contribution in [0, 0.1) is 5.82 Å². The Labute approximate surface area is 122 Å². The van der Waals surface area contributed by atoms with Crippen LogP contribution in [0.15, 0.2) is 63.0 Å². The van der Waals surface area contributed by atoms with Gasteiger partial charge in [0.05, 0.1) is 5.69 Å². The van der Waals surface area contributed by atoms with Crippen LogP contribution in [0.1, 0.15) is 0 Å². The number of hydrogen-bond donors (Lipinski definition) is 0. The van der Waals surface area contributed by atoms with Gasteiger partial charge in [0.1, 0.15) is 11.5 Å². The number of aliphatic imine (C=N–C) groups is 2. The number of carbonyl (C=O) groups excluding carboxylic acids is 2. The third-order valence-electron chi connectivity index (χ3n) is 2.04. The lowest BCUT2D eigenvalue weighted by Crippen LogP contribution is -1.71. The van der Waals surface area contributed by atoms with Crippen molar-refractivity contribution in [3.63, 3.8) is 0 Å². The first-order valence-electron chi connectivity index (χ1n) is 5.34. The average molecular weight is 335 g/mol. The van der Waals surface area contributed by atoms with Crippen molar-refractivity contribution in [3.05, 3.63) is 58.8 Å². The van der Waals surface area contributed by atoms with Crippen LogP contribution in [-0.4, -0.2) is 12.2 Å². The van der Waals surface area contributed by atoms with Crippen molar-refractivity contribution in [1.82, 2.24) is 0 Å². The van der Waals surface area contributed by atoms with E-state index in [1.807, 2.05) is 12.1 Å². The Morgan fingerprint density at radius 3 is 1.90 bits per heavy atom. The molecule has 0 bridgehead atoms. The number of benzene rings is 2. The van der Waals surface area contributed by atoms with E-state index in [2.05, 4.69) is 25.9 Å². The van der Waals surface area contributed by atoms with Crippen molar-refractivity contribution in [2.24, 2.45) is 9.98 Å². The molecule has 2 aromatic rings.